The summed E-state index contributed by atoms with van der Waals surface area (Å²) in [4.78, 5) is 11.9. The van der Waals surface area contributed by atoms with Crippen molar-refractivity contribution in [1.29, 1.82) is 0 Å². The Kier molecular flexibility index (Phi) is 4.28. The smallest absolute Gasteiger partial charge is 0.241 e. The van der Waals surface area contributed by atoms with Gasteiger partial charge in [-0.3, -0.25) is 4.79 Å². The normalized spacial score (nSPS) is 18.3. The number of nitrogens with two attached hydrogens (primary N) is 1. The molecule has 1 aromatic carbocycles. The number of ether oxygens (including phenoxy) is 1. The molecule has 0 aromatic heterocycles. The van der Waals surface area contributed by atoms with Gasteiger partial charge in [0.2, 0.25) is 5.91 Å². The zero-order valence-corrected chi connectivity index (χ0v) is 10.1. The molecule has 2 rings (SSSR count). The Morgan fingerprint density at radius 2 is 1.94 bits per heavy atom. The summed E-state index contributed by atoms with van der Waals surface area (Å²) in [7, 11) is 0. The molecular formula is C13H17FN2O2. The van der Waals surface area contributed by atoms with Gasteiger partial charge in [-0.25, -0.2) is 4.39 Å². The lowest BCUT2D eigenvalue weighted by molar-refractivity contribution is -0.119. The largest absolute Gasteiger partial charge is 0.381 e. The number of anilines is 1. The summed E-state index contributed by atoms with van der Waals surface area (Å²) >= 11 is 0. The molecule has 3 N–H and O–H groups in total. The molecular weight excluding hydrogens is 235 g/mol. The molecule has 1 aliphatic rings. The van der Waals surface area contributed by atoms with Crippen molar-refractivity contribution in [2.24, 2.45) is 11.7 Å². The quantitative estimate of drug-likeness (QED) is 0.857. The van der Waals surface area contributed by atoms with E-state index in [2.05, 4.69) is 5.32 Å². The van der Waals surface area contributed by atoms with Gasteiger partial charge in [0, 0.05) is 18.9 Å². The van der Waals surface area contributed by atoms with Crippen molar-refractivity contribution in [3.8, 4) is 0 Å². The van der Waals surface area contributed by atoms with Gasteiger partial charge in [-0.15, -0.1) is 0 Å². The van der Waals surface area contributed by atoms with Crippen molar-refractivity contribution in [1.82, 2.24) is 0 Å². The first-order valence-electron chi connectivity index (χ1n) is 6.06. The van der Waals surface area contributed by atoms with E-state index in [1.807, 2.05) is 0 Å². The number of hydrogen-bond donors (Lipinski definition) is 2. The monoisotopic (exact) mass is 252 g/mol. The predicted octanol–water partition coefficient (Wildman–Crippen LogP) is 1.52. The molecule has 5 heteroatoms. The zero-order valence-electron chi connectivity index (χ0n) is 10.1. The maximum Gasteiger partial charge on any atom is 0.241 e. The van der Waals surface area contributed by atoms with Crippen LogP contribution in [-0.2, 0) is 9.53 Å². The van der Waals surface area contributed by atoms with Crippen molar-refractivity contribution in [2.75, 3.05) is 18.5 Å². The number of rotatable bonds is 3. The number of halogens is 1. The summed E-state index contributed by atoms with van der Waals surface area (Å²) in [6.45, 7) is 1.31. The Balaban J connectivity index is 1.92. The van der Waals surface area contributed by atoms with Gasteiger partial charge in [0.15, 0.2) is 0 Å². The number of benzene rings is 1. The van der Waals surface area contributed by atoms with E-state index in [1.165, 1.54) is 24.3 Å². The van der Waals surface area contributed by atoms with Crippen LogP contribution in [0.25, 0.3) is 0 Å². The molecule has 0 aliphatic carbocycles. The highest BCUT2D eigenvalue weighted by Gasteiger charge is 2.26. The minimum absolute atomic E-state index is 0.152. The van der Waals surface area contributed by atoms with E-state index in [9.17, 15) is 9.18 Å². The van der Waals surface area contributed by atoms with Crippen molar-refractivity contribution in [3.63, 3.8) is 0 Å². The second kappa shape index (κ2) is 5.93. The lowest BCUT2D eigenvalue weighted by atomic mass is 9.92. The minimum Gasteiger partial charge on any atom is -0.381 e. The summed E-state index contributed by atoms with van der Waals surface area (Å²) in [5.74, 6) is -0.408. The first-order chi connectivity index (χ1) is 8.66. The molecule has 1 saturated heterocycles. The predicted molar refractivity (Wildman–Crippen MR) is 66.5 cm³/mol. The van der Waals surface area contributed by atoms with Crippen LogP contribution < -0.4 is 11.1 Å². The summed E-state index contributed by atoms with van der Waals surface area (Å²) in [6.07, 6.45) is 1.61. The minimum atomic E-state index is -0.543. The van der Waals surface area contributed by atoms with E-state index >= 15 is 0 Å². The van der Waals surface area contributed by atoms with Crippen LogP contribution >= 0.6 is 0 Å². The first-order valence-corrected chi connectivity index (χ1v) is 6.06. The third kappa shape index (κ3) is 3.27. The lowest BCUT2D eigenvalue weighted by Crippen LogP contribution is -2.43. The van der Waals surface area contributed by atoms with E-state index in [-0.39, 0.29) is 17.6 Å². The molecule has 0 saturated carbocycles. The van der Waals surface area contributed by atoms with E-state index in [4.69, 9.17) is 10.5 Å². The fourth-order valence-corrected chi connectivity index (χ4v) is 2.05. The number of carbonyl (C=O) groups excluding carboxylic acids is 1. The van der Waals surface area contributed by atoms with Crippen molar-refractivity contribution >= 4 is 11.6 Å². The fourth-order valence-electron chi connectivity index (χ4n) is 2.05. The number of carbonyl (C=O) groups is 1. The number of hydrogen-bond acceptors (Lipinski definition) is 3. The maximum absolute atomic E-state index is 12.7. The summed E-state index contributed by atoms with van der Waals surface area (Å²) in [5.41, 5.74) is 6.49. The maximum atomic E-state index is 12.7. The molecule has 4 nitrogen and oxygen atoms in total. The van der Waals surface area contributed by atoms with Crippen LogP contribution in [0.3, 0.4) is 0 Å². The molecule has 1 atom stereocenters. The summed E-state index contributed by atoms with van der Waals surface area (Å²) < 4.78 is 18.0. The highest BCUT2D eigenvalue weighted by Crippen LogP contribution is 2.19. The molecule has 0 spiro atoms. The van der Waals surface area contributed by atoms with Crippen molar-refractivity contribution < 1.29 is 13.9 Å². The second-order valence-corrected chi connectivity index (χ2v) is 4.47. The molecule has 0 radical (unpaired) electrons. The molecule has 1 aromatic rings. The Morgan fingerprint density at radius 3 is 2.56 bits per heavy atom. The Hall–Kier alpha value is -1.46. The van der Waals surface area contributed by atoms with Crippen molar-refractivity contribution in [3.05, 3.63) is 30.1 Å². The summed E-state index contributed by atoms with van der Waals surface area (Å²) in [5, 5.41) is 2.69. The zero-order chi connectivity index (χ0) is 13.0. The molecule has 1 aliphatic heterocycles. The van der Waals surface area contributed by atoms with Gasteiger partial charge < -0.3 is 15.8 Å². The highest BCUT2D eigenvalue weighted by molar-refractivity contribution is 5.94. The SMILES string of the molecule is NC(C(=O)Nc1ccc(F)cc1)C1CCOCC1. The van der Waals surface area contributed by atoms with E-state index in [0.29, 0.717) is 18.9 Å². The van der Waals surface area contributed by atoms with Gasteiger partial charge in [0.05, 0.1) is 6.04 Å². The lowest BCUT2D eigenvalue weighted by Gasteiger charge is -2.26. The van der Waals surface area contributed by atoms with Crippen LogP contribution in [0.15, 0.2) is 24.3 Å². The average Bonchev–Trinajstić information content (AvgIpc) is 2.41. The van der Waals surface area contributed by atoms with Crippen LogP contribution in [0.2, 0.25) is 0 Å². The van der Waals surface area contributed by atoms with E-state index in [1.54, 1.807) is 0 Å². The van der Waals surface area contributed by atoms with Gasteiger partial charge in [-0.05, 0) is 43.0 Å². The van der Waals surface area contributed by atoms with Crippen molar-refractivity contribution in [2.45, 2.75) is 18.9 Å². The van der Waals surface area contributed by atoms with Gasteiger partial charge in [0.25, 0.3) is 0 Å². The molecule has 1 amide bonds. The number of amides is 1. The average molecular weight is 252 g/mol. The molecule has 18 heavy (non-hydrogen) atoms. The Bertz CT molecular complexity index is 402. The highest BCUT2D eigenvalue weighted by atomic mass is 19.1. The molecule has 1 heterocycles. The van der Waals surface area contributed by atoms with Gasteiger partial charge >= 0.3 is 0 Å². The molecule has 0 bridgehead atoms. The van der Waals surface area contributed by atoms with Gasteiger partial charge in [-0.1, -0.05) is 0 Å². The topological polar surface area (TPSA) is 64.4 Å². The van der Waals surface area contributed by atoms with Crippen LogP contribution in [0.1, 0.15) is 12.8 Å². The van der Waals surface area contributed by atoms with Crippen LogP contribution in [-0.4, -0.2) is 25.2 Å². The Morgan fingerprint density at radius 1 is 1.33 bits per heavy atom. The van der Waals surface area contributed by atoms with Crippen LogP contribution in [0.4, 0.5) is 10.1 Å². The standard InChI is InChI=1S/C13H17FN2O2/c14-10-1-3-11(4-2-10)16-13(17)12(15)9-5-7-18-8-6-9/h1-4,9,12H,5-8,15H2,(H,16,17). The third-order valence-corrected chi connectivity index (χ3v) is 3.19. The summed E-state index contributed by atoms with van der Waals surface area (Å²) in [6, 6.07) is 5.10. The van der Waals surface area contributed by atoms with Crippen LogP contribution in [0, 0.1) is 11.7 Å². The molecule has 1 unspecified atom stereocenters. The number of nitrogens with one attached hydrogen (secondary N) is 1. The van der Waals surface area contributed by atoms with E-state index in [0.717, 1.165) is 12.8 Å². The molecule has 1 fully saturated rings. The molecule has 98 valence electrons. The third-order valence-electron chi connectivity index (χ3n) is 3.19. The second-order valence-electron chi connectivity index (χ2n) is 4.47. The Labute approximate surface area is 105 Å². The van der Waals surface area contributed by atoms with Gasteiger partial charge in [-0.2, -0.15) is 0 Å². The van der Waals surface area contributed by atoms with Crippen LogP contribution in [0.5, 0.6) is 0 Å². The fraction of sp³-hybridized carbons (Fsp3) is 0.462. The van der Waals surface area contributed by atoms with E-state index < -0.39 is 6.04 Å². The first kappa shape index (κ1) is 13.0. The van der Waals surface area contributed by atoms with Gasteiger partial charge in [0.1, 0.15) is 5.82 Å².